The maximum Gasteiger partial charge on any atom is 0.0331 e. The summed E-state index contributed by atoms with van der Waals surface area (Å²) in [5.41, 5.74) is 1.56. The molecule has 1 aliphatic carbocycles. The predicted octanol–water partition coefficient (Wildman–Crippen LogP) is 5.38. The average molecular weight is 279 g/mol. The van der Waals surface area contributed by atoms with Crippen LogP contribution in [0.5, 0.6) is 0 Å². The zero-order chi connectivity index (χ0) is 13.7. The van der Waals surface area contributed by atoms with Crippen molar-refractivity contribution in [3.05, 3.63) is 21.4 Å². The van der Waals surface area contributed by atoms with Crippen LogP contribution in [0, 0.1) is 19.8 Å². The number of hydrogen-bond donors (Lipinski definition) is 1. The summed E-state index contributed by atoms with van der Waals surface area (Å²) in [7, 11) is 0. The Hall–Kier alpha value is -0.340. The van der Waals surface area contributed by atoms with Gasteiger partial charge in [0, 0.05) is 15.8 Å². The van der Waals surface area contributed by atoms with E-state index in [0.717, 1.165) is 12.5 Å². The van der Waals surface area contributed by atoms with Gasteiger partial charge in [0.1, 0.15) is 0 Å². The summed E-state index contributed by atoms with van der Waals surface area (Å²) in [4.78, 5) is 2.97. The fourth-order valence-corrected chi connectivity index (χ4v) is 4.37. The minimum atomic E-state index is 0.588. The van der Waals surface area contributed by atoms with Gasteiger partial charge in [0.2, 0.25) is 0 Å². The van der Waals surface area contributed by atoms with Crippen LogP contribution in [-0.4, -0.2) is 6.54 Å². The predicted molar refractivity (Wildman–Crippen MR) is 86.0 cm³/mol. The van der Waals surface area contributed by atoms with Crippen LogP contribution in [-0.2, 0) is 0 Å². The first-order valence-corrected chi connectivity index (χ1v) is 8.82. The van der Waals surface area contributed by atoms with Gasteiger partial charge in [-0.2, -0.15) is 0 Å². The summed E-state index contributed by atoms with van der Waals surface area (Å²) in [5.74, 6) is 1.01. The van der Waals surface area contributed by atoms with E-state index < -0.39 is 0 Å². The smallest absolute Gasteiger partial charge is 0.0331 e. The van der Waals surface area contributed by atoms with E-state index in [9.17, 15) is 0 Å². The lowest BCUT2D eigenvalue weighted by Gasteiger charge is -2.20. The summed E-state index contributed by atoms with van der Waals surface area (Å²) in [5, 5.41) is 3.77. The van der Waals surface area contributed by atoms with Gasteiger partial charge < -0.3 is 5.32 Å². The molecule has 0 saturated heterocycles. The molecule has 1 aromatic heterocycles. The zero-order valence-corrected chi connectivity index (χ0v) is 13.6. The highest BCUT2D eigenvalue weighted by atomic mass is 32.1. The lowest BCUT2D eigenvalue weighted by atomic mass is 9.95. The molecular formula is C17H29NS. The summed E-state index contributed by atoms with van der Waals surface area (Å²) in [6.45, 7) is 7.91. The van der Waals surface area contributed by atoms with E-state index in [2.05, 4.69) is 32.2 Å². The molecule has 1 nitrogen and oxygen atoms in total. The molecule has 1 saturated carbocycles. The van der Waals surface area contributed by atoms with Crippen LogP contribution < -0.4 is 5.32 Å². The number of nitrogens with one attached hydrogen (secondary N) is 1. The highest BCUT2D eigenvalue weighted by Crippen LogP contribution is 2.34. The number of thiophene rings is 1. The molecule has 1 N–H and O–H groups in total. The summed E-state index contributed by atoms with van der Waals surface area (Å²) < 4.78 is 0. The topological polar surface area (TPSA) is 12.0 Å². The highest BCUT2D eigenvalue weighted by Gasteiger charge is 2.20. The van der Waals surface area contributed by atoms with E-state index in [4.69, 9.17) is 0 Å². The first kappa shape index (κ1) is 15.1. The molecule has 0 aliphatic heterocycles. The molecule has 0 bridgehead atoms. The zero-order valence-electron chi connectivity index (χ0n) is 12.8. The Kier molecular flexibility index (Phi) is 5.90. The summed E-state index contributed by atoms with van der Waals surface area (Å²) in [6.07, 6.45) is 9.84. The van der Waals surface area contributed by atoms with Crippen molar-refractivity contribution in [2.45, 2.75) is 71.8 Å². The highest BCUT2D eigenvalue weighted by molar-refractivity contribution is 7.12. The third-order valence-corrected chi connectivity index (χ3v) is 5.42. The number of hydrogen-bond acceptors (Lipinski definition) is 2. The van der Waals surface area contributed by atoms with Crippen LogP contribution in [0.4, 0.5) is 0 Å². The average Bonchev–Trinajstić information content (AvgIpc) is 3.00. The monoisotopic (exact) mass is 279 g/mol. The van der Waals surface area contributed by atoms with Gasteiger partial charge in [0.15, 0.2) is 0 Å². The van der Waals surface area contributed by atoms with E-state index in [1.807, 2.05) is 11.3 Å². The van der Waals surface area contributed by atoms with Crippen molar-refractivity contribution in [2.24, 2.45) is 5.92 Å². The molecule has 0 amide bonds. The Morgan fingerprint density at radius 2 is 2.05 bits per heavy atom. The molecular weight excluding hydrogens is 250 g/mol. The molecule has 1 aliphatic rings. The van der Waals surface area contributed by atoms with Crippen LogP contribution in [0.3, 0.4) is 0 Å². The minimum Gasteiger partial charge on any atom is -0.310 e. The van der Waals surface area contributed by atoms with Crippen molar-refractivity contribution in [3.63, 3.8) is 0 Å². The first-order chi connectivity index (χ1) is 9.20. The standard InChI is InChI=1S/C17H29NS/c1-4-11-18-17(10-9-15-7-5-6-8-15)16-12-13(2)19-14(16)3/h12,15,17-18H,4-11H2,1-3H3. The van der Waals surface area contributed by atoms with E-state index >= 15 is 0 Å². The van der Waals surface area contributed by atoms with Gasteiger partial charge in [-0.3, -0.25) is 0 Å². The third-order valence-electron chi connectivity index (χ3n) is 4.43. The Labute approximate surface area is 122 Å². The minimum absolute atomic E-state index is 0.588. The molecule has 1 heterocycles. The van der Waals surface area contributed by atoms with Crippen LogP contribution in [0.2, 0.25) is 0 Å². The number of aryl methyl sites for hydroxylation is 2. The van der Waals surface area contributed by atoms with Crippen molar-refractivity contribution in [1.82, 2.24) is 5.32 Å². The van der Waals surface area contributed by atoms with Gasteiger partial charge >= 0.3 is 0 Å². The van der Waals surface area contributed by atoms with Crippen molar-refractivity contribution < 1.29 is 0 Å². The second-order valence-corrected chi connectivity index (χ2v) is 7.56. The molecule has 1 atom stereocenters. The SMILES string of the molecule is CCCNC(CCC1CCCC1)c1cc(C)sc1C. The quantitative estimate of drug-likeness (QED) is 0.707. The van der Waals surface area contributed by atoms with Crippen LogP contribution in [0.1, 0.15) is 73.2 Å². The first-order valence-electron chi connectivity index (χ1n) is 8.01. The van der Waals surface area contributed by atoms with E-state index in [1.54, 1.807) is 5.56 Å². The van der Waals surface area contributed by atoms with Gasteiger partial charge in [-0.15, -0.1) is 11.3 Å². The van der Waals surface area contributed by atoms with Crippen LogP contribution in [0.15, 0.2) is 6.07 Å². The molecule has 1 unspecified atom stereocenters. The molecule has 0 spiro atoms. The van der Waals surface area contributed by atoms with Gasteiger partial charge in [-0.05, 0) is 57.2 Å². The molecule has 2 rings (SSSR count). The van der Waals surface area contributed by atoms with E-state index in [0.29, 0.717) is 6.04 Å². The molecule has 0 aromatic carbocycles. The Morgan fingerprint density at radius 3 is 2.63 bits per heavy atom. The van der Waals surface area contributed by atoms with Gasteiger partial charge in [0.05, 0.1) is 0 Å². The van der Waals surface area contributed by atoms with Crippen molar-refractivity contribution in [2.75, 3.05) is 6.54 Å². The number of rotatable bonds is 7. The third kappa shape index (κ3) is 4.32. The van der Waals surface area contributed by atoms with Crippen molar-refractivity contribution in [3.8, 4) is 0 Å². The summed E-state index contributed by atoms with van der Waals surface area (Å²) in [6, 6.07) is 2.99. The Morgan fingerprint density at radius 1 is 1.32 bits per heavy atom. The normalized spacial score (nSPS) is 18.1. The van der Waals surface area contributed by atoms with Crippen molar-refractivity contribution in [1.29, 1.82) is 0 Å². The van der Waals surface area contributed by atoms with Crippen LogP contribution >= 0.6 is 11.3 Å². The van der Waals surface area contributed by atoms with Crippen LogP contribution in [0.25, 0.3) is 0 Å². The summed E-state index contributed by atoms with van der Waals surface area (Å²) >= 11 is 1.95. The Bertz CT molecular complexity index is 377. The molecule has 108 valence electrons. The maximum atomic E-state index is 3.77. The van der Waals surface area contributed by atoms with Gasteiger partial charge in [-0.25, -0.2) is 0 Å². The van der Waals surface area contributed by atoms with Gasteiger partial charge in [-0.1, -0.05) is 32.6 Å². The fraction of sp³-hybridized carbons (Fsp3) is 0.765. The molecule has 19 heavy (non-hydrogen) atoms. The molecule has 1 aromatic rings. The van der Waals surface area contributed by atoms with Crippen molar-refractivity contribution >= 4 is 11.3 Å². The lowest BCUT2D eigenvalue weighted by molar-refractivity contribution is 0.411. The van der Waals surface area contributed by atoms with E-state index in [1.165, 1.54) is 54.7 Å². The second kappa shape index (κ2) is 7.44. The molecule has 0 radical (unpaired) electrons. The van der Waals surface area contributed by atoms with Gasteiger partial charge in [0.25, 0.3) is 0 Å². The molecule has 1 fully saturated rings. The Balaban J connectivity index is 1.96. The fourth-order valence-electron chi connectivity index (χ4n) is 3.38. The van der Waals surface area contributed by atoms with E-state index in [-0.39, 0.29) is 0 Å². The lowest BCUT2D eigenvalue weighted by Crippen LogP contribution is -2.23. The maximum absolute atomic E-state index is 3.77. The molecule has 2 heteroatoms. The largest absolute Gasteiger partial charge is 0.310 e. The second-order valence-electron chi connectivity index (χ2n) is 6.10.